The predicted octanol–water partition coefficient (Wildman–Crippen LogP) is 2.66. The summed E-state index contributed by atoms with van der Waals surface area (Å²) in [6.45, 7) is 0.253. The topological polar surface area (TPSA) is 75.1 Å². The van der Waals surface area contributed by atoms with Gasteiger partial charge in [0.15, 0.2) is 0 Å². The highest BCUT2D eigenvalue weighted by Gasteiger charge is 2.07. The number of carbonyl (C=O) groups is 1. The lowest BCUT2D eigenvalue weighted by Gasteiger charge is -2.00. The molecule has 1 aromatic carbocycles. The summed E-state index contributed by atoms with van der Waals surface area (Å²) >= 11 is 0. The third kappa shape index (κ3) is 4.16. The van der Waals surface area contributed by atoms with Crippen LogP contribution in [0.1, 0.15) is 22.3 Å². The van der Waals surface area contributed by atoms with Crippen LogP contribution in [0.2, 0.25) is 0 Å². The van der Waals surface area contributed by atoms with E-state index in [1.807, 2.05) is 0 Å². The summed E-state index contributed by atoms with van der Waals surface area (Å²) < 4.78 is 17.7. The Morgan fingerprint density at radius 3 is 3.00 bits per heavy atom. The number of nitrogens with zero attached hydrogens (tertiary/aromatic N) is 3. The van der Waals surface area contributed by atoms with E-state index in [1.54, 1.807) is 0 Å². The van der Waals surface area contributed by atoms with Crippen molar-refractivity contribution in [3.05, 3.63) is 45.6 Å². The van der Waals surface area contributed by atoms with Crippen LogP contribution in [0.3, 0.4) is 0 Å². The molecule has 0 aromatic heterocycles. The molecular formula is C12H10FN3O2. The van der Waals surface area contributed by atoms with Gasteiger partial charge in [-0.1, -0.05) is 17.0 Å². The third-order valence-electron chi connectivity index (χ3n) is 1.95. The van der Waals surface area contributed by atoms with E-state index in [9.17, 15) is 9.18 Å². The van der Waals surface area contributed by atoms with Crippen molar-refractivity contribution in [1.29, 1.82) is 0 Å². The predicted molar refractivity (Wildman–Crippen MR) is 63.2 cm³/mol. The number of hydrogen-bond donors (Lipinski definition) is 0. The van der Waals surface area contributed by atoms with E-state index in [2.05, 4.69) is 26.6 Å². The van der Waals surface area contributed by atoms with Gasteiger partial charge in [0.05, 0.1) is 12.7 Å². The molecule has 0 fully saturated rings. The molecule has 6 heteroatoms. The Morgan fingerprint density at radius 2 is 2.33 bits per heavy atom. The molecule has 1 aromatic rings. The lowest BCUT2D eigenvalue weighted by molar-refractivity contribution is 0.0600. The van der Waals surface area contributed by atoms with Crippen LogP contribution in [0, 0.1) is 17.7 Å². The third-order valence-corrected chi connectivity index (χ3v) is 1.95. The van der Waals surface area contributed by atoms with Crippen molar-refractivity contribution in [2.24, 2.45) is 5.11 Å². The van der Waals surface area contributed by atoms with E-state index >= 15 is 0 Å². The first-order valence-corrected chi connectivity index (χ1v) is 5.06. The number of halogens is 1. The molecule has 5 nitrogen and oxygen atoms in total. The first-order chi connectivity index (χ1) is 8.67. The number of rotatable bonds is 3. The second-order valence-corrected chi connectivity index (χ2v) is 3.23. The number of ether oxygens (including phenoxy) is 1. The Labute approximate surface area is 103 Å². The Morgan fingerprint density at radius 1 is 1.56 bits per heavy atom. The van der Waals surface area contributed by atoms with E-state index < -0.39 is 11.8 Å². The number of esters is 1. The smallest absolute Gasteiger partial charge is 0.337 e. The average Bonchev–Trinajstić information content (AvgIpc) is 2.37. The maximum atomic E-state index is 13.2. The number of methoxy groups -OCH3 is 1. The molecule has 0 N–H and O–H groups in total. The van der Waals surface area contributed by atoms with Gasteiger partial charge >= 0.3 is 5.97 Å². The second-order valence-electron chi connectivity index (χ2n) is 3.23. The highest BCUT2D eigenvalue weighted by molar-refractivity contribution is 5.89. The van der Waals surface area contributed by atoms with Crippen molar-refractivity contribution < 1.29 is 13.9 Å². The van der Waals surface area contributed by atoms with Gasteiger partial charge in [0, 0.05) is 23.4 Å². The van der Waals surface area contributed by atoms with Crippen molar-refractivity contribution in [2.75, 3.05) is 13.7 Å². The van der Waals surface area contributed by atoms with Crippen molar-refractivity contribution in [2.45, 2.75) is 6.42 Å². The molecule has 0 saturated heterocycles. The minimum absolute atomic E-state index is 0.108. The first-order valence-electron chi connectivity index (χ1n) is 5.06. The summed E-state index contributed by atoms with van der Waals surface area (Å²) in [7, 11) is 1.22. The largest absolute Gasteiger partial charge is 0.465 e. The van der Waals surface area contributed by atoms with Crippen LogP contribution < -0.4 is 0 Å². The number of hydrogen-bond acceptors (Lipinski definition) is 3. The zero-order valence-corrected chi connectivity index (χ0v) is 9.68. The minimum atomic E-state index is -0.619. The molecule has 0 unspecified atom stereocenters. The Kier molecular flexibility index (Phi) is 5.23. The monoisotopic (exact) mass is 247 g/mol. The molecular weight excluding hydrogens is 237 g/mol. The molecule has 0 atom stereocenters. The molecule has 0 aliphatic carbocycles. The number of carbonyl (C=O) groups excluding carboxylic acids is 1. The molecule has 0 aliphatic rings. The summed E-state index contributed by atoms with van der Waals surface area (Å²) in [5.74, 6) is 4.22. The van der Waals surface area contributed by atoms with Crippen LogP contribution >= 0.6 is 0 Å². The zero-order valence-electron chi connectivity index (χ0n) is 9.68. The van der Waals surface area contributed by atoms with E-state index in [-0.39, 0.29) is 12.1 Å². The molecule has 0 spiro atoms. The van der Waals surface area contributed by atoms with Crippen molar-refractivity contribution in [3.8, 4) is 11.8 Å². The number of benzene rings is 1. The second kappa shape index (κ2) is 6.94. The summed E-state index contributed by atoms with van der Waals surface area (Å²) in [6.07, 6.45) is 0.369. The summed E-state index contributed by atoms with van der Waals surface area (Å²) in [5.41, 5.74) is 8.53. The Hall–Kier alpha value is -2.51. The van der Waals surface area contributed by atoms with Gasteiger partial charge in [-0.3, -0.25) is 0 Å². The molecule has 0 amide bonds. The van der Waals surface area contributed by atoms with E-state index in [0.717, 1.165) is 6.07 Å². The van der Waals surface area contributed by atoms with Gasteiger partial charge in [-0.05, 0) is 23.7 Å². The van der Waals surface area contributed by atoms with Crippen molar-refractivity contribution in [1.82, 2.24) is 0 Å². The van der Waals surface area contributed by atoms with E-state index in [1.165, 1.54) is 19.2 Å². The summed E-state index contributed by atoms with van der Waals surface area (Å²) in [5, 5.41) is 3.31. The summed E-state index contributed by atoms with van der Waals surface area (Å²) in [4.78, 5) is 13.8. The van der Waals surface area contributed by atoms with Crippen LogP contribution in [-0.4, -0.2) is 19.6 Å². The van der Waals surface area contributed by atoms with Gasteiger partial charge in [-0.15, -0.1) is 0 Å². The lowest BCUT2D eigenvalue weighted by Crippen LogP contribution is -2.02. The fourth-order valence-corrected chi connectivity index (χ4v) is 1.21. The van der Waals surface area contributed by atoms with Crippen LogP contribution in [0.5, 0.6) is 0 Å². The van der Waals surface area contributed by atoms with E-state index in [0.29, 0.717) is 12.0 Å². The molecule has 1 rings (SSSR count). The van der Waals surface area contributed by atoms with Crippen LogP contribution in [-0.2, 0) is 4.74 Å². The molecule has 92 valence electrons. The van der Waals surface area contributed by atoms with Gasteiger partial charge in [0.25, 0.3) is 0 Å². The Balaban J connectivity index is 2.86. The SMILES string of the molecule is COC(=O)c1cc(F)cc(C#CCCN=[N+]=[N-])c1. The number of azide groups is 1. The van der Waals surface area contributed by atoms with Gasteiger partial charge in [-0.2, -0.15) is 0 Å². The lowest BCUT2D eigenvalue weighted by atomic mass is 10.1. The molecule has 0 saturated carbocycles. The van der Waals surface area contributed by atoms with Gasteiger partial charge < -0.3 is 4.74 Å². The maximum Gasteiger partial charge on any atom is 0.337 e. The standard InChI is InChI=1S/C12H10FN3O2/c1-18-12(17)10-6-9(7-11(13)8-10)4-2-3-5-15-16-14/h6-8H,3,5H2,1H3. The van der Waals surface area contributed by atoms with E-state index in [4.69, 9.17) is 5.53 Å². The average molecular weight is 247 g/mol. The minimum Gasteiger partial charge on any atom is -0.465 e. The van der Waals surface area contributed by atoms with Crippen LogP contribution in [0.25, 0.3) is 10.4 Å². The zero-order chi connectivity index (χ0) is 13.4. The van der Waals surface area contributed by atoms with Crippen LogP contribution in [0.15, 0.2) is 23.3 Å². The maximum absolute atomic E-state index is 13.2. The normalized spacial score (nSPS) is 8.78. The molecule has 0 heterocycles. The summed E-state index contributed by atoms with van der Waals surface area (Å²) in [6, 6.07) is 3.74. The fourth-order valence-electron chi connectivity index (χ4n) is 1.21. The molecule has 18 heavy (non-hydrogen) atoms. The van der Waals surface area contributed by atoms with Gasteiger partial charge in [0.2, 0.25) is 0 Å². The molecule has 0 aliphatic heterocycles. The molecule has 0 radical (unpaired) electrons. The van der Waals surface area contributed by atoms with Gasteiger partial charge in [0.1, 0.15) is 5.82 Å². The van der Waals surface area contributed by atoms with Crippen LogP contribution in [0.4, 0.5) is 4.39 Å². The van der Waals surface area contributed by atoms with Crippen molar-refractivity contribution in [3.63, 3.8) is 0 Å². The quantitative estimate of drug-likeness (QED) is 0.205. The highest BCUT2D eigenvalue weighted by Crippen LogP contribution is 2.09. The van der Waals surface area contributed by atoms with Crippen molar-refractivity contribution >= 4 is 5.97 Å². The Bertz CT molecular complexity index is 554. The fraction of sp³-hybridized carbons (Fsp3) is 0.250. The van der Waals surface area contributed by atoms with Gasteiger partial charge in [-0.25, -0.2) is 9.18 Å². The molecule has 0 bridgehead atoms. The first kappa shape index (κ1) is 13.6. The highest BCUT2D eigenvalue weighted by atomic mass is 19.1.